The Hall–Kier alpha value is -2.16. The number of hydrogen-bond acceptors (Lipinski definition) is 5. The molecular formula is C14H14F3N3O2S. The normalized spacial score (nSPS) is 12.1. The summed E-state index contributed by atoms with van der Waals surface area (Å²) >= 11 is 1.15. The van der Waals surface area contributed by atoms with Crippen LogP contribution in [0.5, 0.6) is 0 Å². The van der Waals surface area contributed by atoms with Crippen molar-refractivity contribution in [3.63, 3.8) is 0 Å². The van der Waals surface area contributed by atoms with Crippen LogP contribution >= 0.6 is 11.3 Å². The molecule has 0 aliphatic rings. The molecule has 1 amide bonds. The van der Waals surface area contributed by atoms with Crippen molar-refractivity contribution in [2.24, 2.45) is 0 Å². The van der Waals surface area contributed by atoms with Gasteiger partial charge in [-0.05, 0) is 38.3 Å². The molecule has 9 heteroatoms. The van der Waals surface area contributed by atoms with E-state index in [1.54, 1.807) is 32.2 Å². The molecule has 0 bridgehead atoms. The highest BCUT2D eigenvalue weighted by molar-refractivity contribution is 7.14. The first-order chi connectivity index (χ1) is 10.6. The fraction of sp³-hybridized carbons (Fsp3) is 0.357. The Kier molecular flexibility index (Phi) is 4.60. The highest BCUT2D eigenvalue weighted by atomic mass is 32.1. The summed E-state index contributed by atoms with van der Waals surface area (Å²) in [4.78, 5) is 18.9. The molecule has 0 aliphatic carbocycles. The summed E-state index contributed by atoms with van der Waals surface area (Å²) < 4.78 is 43.2. The molecule has 2 rings (SSSR count). The zero-order valence-electron chi connectivity index (χ0n) is 12.6. The molecule has 23 heavy (non-hydrogen) atoms. The maximum atomic E-state index is 12.7. The third kappa shape index (κ3) is 4.65. The van der Waals surface area contributed by atoms with Crippen molar-refractivity contribution >= 4 is 23.1 Å². The topological polar surface area (TPSA) is 64.1 Å². The van der Waals surface area contributed by atoms with Gasteiger partial charge in [-0.15, -0.1) is 11.3 Å². The quantitative estimate of drug-likeness (QED) is 0.866. The van der Waals surface area contributed by atoms with Crippen LogP contribution in [0.4, 0.5) is 23.7 Å². The molecule has 0 saturated heterocycles. The van der Waals surface area contributed by atoms with Crippen LogP contribution in [0.3, 0.4) is 0 Å². The lowest BCUT2D eigenvalue weighted by Gasteiger charge is -2.19. The molecule has 0 unspecified atom stereocenters. The molecule has 0 aromatic carbocycles. The first kappa shape index (κ1) is 17.2. The zero-order chi connectivity index (χ0) is 17.3. The second kappa shape index (κ2) is 6.15. The van der Waals surface area contributed by atoms with Crippen LogP contribution < -0.4 is 5.32 Å². The smallest absolute Gasteiger partial charge is 0.444 e. The Balaban J connectivity index is 2.26. The van der Waals surface area contributed by atoms with E-state index in [-0.39, 0.29) is 5.69 Å². The van der Waals surface area contributed by atoms with Gasteiger partial charge in [-0.25, -0.2) is 14.8 Å². The molecule has 0 spiro atoms. The van der Waals surface area contributed by atoms with Gasteiger partial charge >= 0.3 is 12.3 Å². The number of halogens is 3. The third-order valence-corrected chi connectivity index (χ3v) is 3.38. The van der Waals surface area contributed by atoms with E-state index < -0.39 is 23.7 Å². The highest BCUT2D eigenvalue weighted by Gasteiger charge is 2.35. The maximum Gasteiger partial charge on any atom is 0.451 e. The number of anilines is 1. The van der Waals surface area contributed by atoms with Gasteiger partial charge in [-0.3, -0.25) is 5.32 Å². The summed E-state index contributed by atoms with van der Waals surface area (Å²) in [5.74, 6) is -1.23. The van der Waals surface area contributed by atoms with E-state index in [1.165, 1.54) is 6.07 Å². The van der Waals surface area contributed by atoms with Crippen molar-refractivity contribution in [2.45, 2.75) is 32.5 Å². The summed E-state index contributed by atoms with van der Waals surface area (Å²) in [7, 11) is 0. The summed E-state index contributed by atoms with van der Waals surface area (Å²) in [5.41, 5.74) is -0.275. The minimum Gasteiger partial charge on any atom is -0.444 e. The highest BCUT2D eigenvalue weighted by Crippen LogP contribution is 2.34. The second-order valence-electron chi connectivity index (χ2n) is 5.55. The number of carbonyl (C=O) groups excluding carboxylic acids is 1. The van der Waals surface area contributed by atoms with Gasteiger partial charge in [0, 0.05) is 6.20 Å². The molecule has 0 fully saturated rings. The Morgan fingerprint density at radius 2 is 1.96 bits per heavy atom. The van der Waals surface area contributed by atoms with Crippen molar-refractivity contribution in [2.75, 3.05) is 5.32 Å². The summed E-state index contributed by atoms with van der Waals surface area (Å²) in [6.45, 7) is 5.13. The lowest BCUT2D eigenvalue weighted by atomic mass is 10.2. The number of aromatic nitrogens is 2. The van der Waals surface area contributed by atoms with Crippen molar-refractivity contribution in [1.29, 1.82) is 0 Å². The van der Waals surface area contributed by atoms with E-state index in [0.29, 0.717) is 10.6 Å². The molecule has 2 aromatic rings. The number of nitrogens with one attached hydrogen (secondary N) is 1. The van der Waals surface area contributed by atoms with Crippen molar-refractivity contribution < 1.29 is 22.7 Å². The monoisotopic (exact) mass is 345 g/mol. The van der Waals surface area contributed by atoms with Gasteiger partial charge in [0.25, 0.3) is 0 Å². The number of thiophene rings is 1. The van der Waals surface area contributed by atoms with E-state index in [9.17, 15) is 18.0 Å². The number of alkyl halides is 3. The minimum atomic E-state index is -4.63. The number of rotatable bonds is 2. The zero-order valence-corrected chi connectivity index (χ0v) is 13.4. The predicted molar refractivity (Wildman–Crippen MR) is 80.2 cm³/mol. The van der Waals surface area contributed by atoms with Crippen LogP contribution in [-0.2, 0) is 10.9 Å². The van der Waals surface area contributed by atoms with Crippen molar-refractivity contribution in [1.82, 2.24) is 9.97 Å². The fourth-order valence-corrected chi connectivity index (χ4v) is 2.46. The predicted octanol–water partition coefficient (Wildman–Crippen LogP) is 4.57. The molecule has 2 heterocycles. The molecule has 0 saturated carbocycles. The standard InChI is InChI=1S/C14H14F3N3O2S/c1-13(2,3)22-12(21)20-9-5-7-23-10(9)8-4-6-18-11(19-8)14(15,16)17/h4-7H,1-3H3,(H,20,21). The number of nitrogens with zero attached hydrogens (tertiary/aromatic N) is 2. The third-order valence-electron chi connectivity index (χ3n) is 2.44. The van der Waals surface area contributed by atoms with Crippen LogP contribution in [0.1, 0.15) is 26.6 Å². The van der Waals surface area contributed by atoms with E-state index in [2.05, 4.69) is 15.3 Å². The molecule has 124 valence electrons. The number of ether oxygens (including phenoxy) is 1. The van der Waals surface area contributed by atoms with Gasteiger partial charge in [0.15, 0.2) is 0 Å². The first-order valence-corrected chi connectivity index (χ1v) is 7.42. The van der Waals surface area contributed by atoms with Crippen LogP contribution in [0.15, 0.2) is 23.7 Å². The van der Waals surface area contributed by atoms with Gasteiger partial charge < -0.3 is 4.74 Å². The van der Waals surface area contributed by atoms with Crippen LogP contribution in [-0.4, -0.2) is 21.7 Å². The Morgan fingerprint density at radius 1 is 1.26 bits per heavy atom. The molecule has 5 nitrogen and oxygen atoms in total. The molecule has 2 aromatic heterocycles. The first-order valence-electron chi connectivity index (χ1n) is 6.54. The molecule has 0 atom stereocenters. The molecule has 1 N–H and O–H groups in total. The van der Waals surface area contributed by atoms with Gasteiger partial charge in [-0.2, -0.15) is 13.2 Å². The minimum absolute atomic E-state index is 0.0772. The Labute approximate surface area is 134 Å². The van der Waals surface area contributed by atoms with E-state index in [1.807, 2.05) is 0 Å². The molecule has 0 radical (unpaired) electrons. The van der Waals surface area contributed by atoms with E-state index >= 15 is 0 Å². The average Bonchev–Trinajstić information content (AvgIpc) is 2.83. The van der Waals surface area contributed by atoms with Crippen molar-refractivity contribution in [3.8, 4) is 10.6 Å². The largest absolute Gasteiger partial charge is 0.451 e. The maximum absolute atomic E-state index is 12.7. The SMILES string of the molecule is CC(C)(C)OC(=O)Nc1ccsc1-c1ccnc(C(F)(F)F)n1. The number of amides is 1. The van der Waals surface area contributed by atoms with Gasteiger partial charge in [0.05, 0.1) is 16.3 Å². The van der Waals surface area contributed by atoms with E-state index in [4.69, 9.17) is 4.74 Å². The van der Waals surface area contributed by atoms with Crippen LogP contribution in [0, 0.1) is 0 Å². The lowest BCUT2D eigenvalue weighted by molar-refractivity contribution is -0.144. The number of hydrogen-bond donors (Lipinski definition) is 1. The summed E-state index contributed by atoms with van der Waals surface area (Å²) in [5, 5.41) is 4.15. The van der Waals surface area contributed by atoms with Crippen LogP contribution in [0.25, 0.3) is 10.6 Å². The van der Waals surface area contributed by atoms with Gasteiger partial charge in [-0.1, -0.05) is 0 Å². The molecule has 0 aliphatic heterocycles. The van der Waals surface area contributed by atoms with Crippen molar-refractivity contribution in [3.05, 3.63) is 29.5 Å². The van der Waals surface area contributed by atoms with Crippen LogP contribution in [0.2, 0.25) is 0 Å². The number of carbonyl (C=O) groups is 1. The van der Waals surface area contributed by atoms with Gasteiger partial charge in [0.2, 0.25) is 5.82 Å². The molecular weight excluding hydrogens is 331 g/mol. The average molecular weight is 345 g/mol. The summed E-state index contributed by atoms with van der Waals surface area (Å²) in [6, 6.07) is 2.92. The van der Waals surface area contributed by atoms with E-state index in [0.717, 1.165) is 17.5 Å². The fourth-order valence-electron chi connectivity index (χ4n) is 1.64. The lowest BCUT2D eigenvalue weighted by Crippen LogP contribution is -2.27. The second-order valence-corrected chi connectivity index (χ2v) is 6.47. The Morgan fingerprint density at radius 3 is 2.57 bits per heavy atom. The van der Waals surface area contributed by atoms with Gasteiger partial charge in [0.1, 0.15) is 5.60 Å². The Bertz CT molecular complexity index is 708. The summed E-state index contributed by atoms with van der Waals surface area (Å²) in [6.07, 6.45) is -4.30.